The second kappa shape index (κ2) is 6.36. The SMILES string of the molecule is CC(C)(C)OC(=O)Nc1cc([C@H](O)CN)ccc1Br. The first-order valence-electron chi connectivity index (χ1n) is 5.90. The second-order valence-electron chi connectivity index (χ2n) is 5.12. The van der Waals surface area contributed by atoms with Crippen molar-refractivity contribution in [2.75, 3.05) is 11.9 Å². The number of nitrogens with one attached hydrogen (secondary N) is 1. The Kier molecular flexibility index (Phi) is 5.34. The molecule has 0 saturated carbocycles. The lowest BCUT2D eigenvalue weighted by atomic mass is 10.1. The van der Waals surface area contributed by atoms with Crippen molar-refractivity contribution in [3.05, 3.63) is 28.2 Å². The van der Waals surface area contributed by atoms with Crippen molar-refractivity contribution in [3.63, 3.8) is 0 Å². The number of rotatable bonds is 3. The van der Waals surface area contributed by atoms with E-state index in [9.17, 15) is 9.90 Å². The number of halogens is 1. The van der Waals surface area contributed by atoms with Crippen LogP contribution in [-0.2, 0) is 4.74 Å². The standard InChI is InChI=1S/C13H19BrN2O3/c1-13(2,3)19-12(18)16-10-6-8(11(17)7-15)4-5-9(10)14/h4-6,11,17H,7,15H2,1-3H3,(H,16,18)/t11-/m1/s1. The Morgan fingerprint density at radius 3 is 2.68 bits per heavy atom. The zero-order chi connectivity index (χ0) is 14.6. The van der Waals surface area contributed by atoms with Gasteiger partial charge in [0, 0.05) is 11.0 Å². The lowest BCUT2D eigenvalue weighted by Gasteiger charge is -2.20. The van der Waals surface area contributed by atoms with E-state index < -0.39 is 17.8 Å². The molecular weight excluding hydrogens is 312 g/mol. The molecule has 1 rings (SSSR count). The van der Waals surface area contributed by atoms with Crippen molar-refractivity contribution >= 4 is 27.7 Å². The van der Waals surface area contributed by atoms with Crippen molar-refractivity contribution in [2.24, 2.45) is 5.73 Å². The summed E-state index contributed by atoms with van der Waals surface area (Å²) < 4.78 is 5.87. The summed E-state index contributed by atoms with van der Waals surface area (Å²) in [5.74, 6) is 0. The van der Waals surface area contributed by atoms with E-state index in [2.05, 4.69) is 21.2 Å². The van der Waals surface area contributed by atoms with Crippen LogP contribution >= 0.6 is 15.9 Å². The maximum Gasteiger partial charge on any atom is 0.412 e. The number of amides is 1. The van der Waals surface area contributed by atoms with Gasteiger partial charge in [-0.1, -0.05) is 6.07 Å². The Bertz CT molecular complexity index is 458. The third-order valence-electron chi connectivity index (χ3n) is 2.23. The number of carbonyl (C=O) groups excluding carboxylic acids is 1. The number of nitrogens with two attached hydrogens (primary N) is 1. The molecule has 1 aromatic rings. The van der Waals surface area contributed by atoms with Crippen molar-refractivity contribution < 1.29 is 14.6 Å². The number of carbonyl (C=O) groups is 1. The van der Waals surface area contributed by atoms with Gasteiger partial charge >= 0.3 is 6.09 Å². The summed E-state index contributed by atoms with van der Waals surface area (Å²) in [6, 6.07) is 5.13. The van der Waals surface area contributed by atoms with Gasteiger partial charge in [0.25, 0.3) is 0 Å². The highest BCUT2D eigenvalue weighted by Crippen LogP contribution is 2.26. The molecule has 0 aliphatic carbocycles. The van der Waals surface area contributed by atoms with Crippen molar-refractivity contribution in [3.8, 4) is 0 Å². The average Bonchev–Trinajstić information content (AvgIpc) is 2.28. The van der Waals surface area contributed by atoms with E-state index in [1.165, 1.54) is 0 Å². The normalized spacial score (nSPS) is 12.9. The fourth-order valence-corrected chi connectivity index (χ4v) is 1.74. The summed E-state index contributed by atoms with van der Waals surface area (Å²) in [6.45, 7) is 5.48. The van der Waals surface area contributed by atoms with E-state index in [0.717, 1.165) is 0 Å². The van der Waals surface area contributed by atoms with Crippen LogP contribution in [0.25, 0.3) is 0 Å². The first kappa shape index (κ1) is 15.9. The van der Waals surface area contributed by atoms with E-state index >= 15 is 0 Å². The Balaban J connectivity index is 2.85. The highest BCUT2D eigenvalue weighted by atomic mass is 79.9. The molecule has 0 radical (unpaired) electrons. The fourth-order valence-electron chi connectivity index (χ4n) is 1.40. The summed E-state index contributed by atoms with van der Waals surface area (Å²) in [4.78, 5) is 11.7. The maximum atomic E-state index is 11.7. The van der Waals surface area contributed by atoms with Gasteiger partial charge in [0.1, 0.15) is 5.60 Å². The molecule has 6 heteroatoms. The molecule has 0 fully saturated rings. The zero-order valence-electron chi connectivity index (χ0n) is 11.2. The topological polar surface area (TPSA) is 84.6 Å². The predicted octanol–water partition coefficient (Wildman–Crippen LogP) is 2.79. The number of aliphatic hydroxyl groups is 1. The molecule has 0 unspecified atom stereocenters. The van der Waals surface area contributed by atoms with Crippen LogP contribution in [0.15, 0.2) is 22.7 Å². The highest BCUT2D eigenvalue weighted by Gasteiger charge is 2.17. The molecule has 0 saturated heterocycles. The van der Waals surface area contributed by atoms with E-state index in [0.29, 0.717) is 15.7 Å². The molecular formula is C13H19BrN2O3. The molecule has 19 heavy (non-hydrogen) atoms. The van der Waals surface area contributed by atoms with Crippen molar-refractivity contribution in [2.45, 2.75) is 32.5 Å². The van der Waals surface area contributed by atoms with Gasteiger partial charge in [-0.2, -0.15) is 0 Å². The molecule has 0 heterocycles. The molecule has 106 valence electrons. The molecule has 0 aliphatic rings. The summed E-state index contributed by atoms with van der Waals surface area (Å²) >= 11 is 3.33. The van der Waals surface area contributed by atoms with Crippen LogP contribution in [0.1, 0.15) is 32.4 Å². The number of aliphatic hydroxyl groups excluding tert-OH is 1. The fraction of sp³-hybridized carbons (Fsp3) is 0.462. The van der Waals surface area contributed by atoms with E-state index in [4.69, 9.17) is 10.5 Å². The molecule has 4 N–H and O–H groups in total. The first-order chi connectivity index (χ1) is 8.73. The van der Waals surface area contributed by atoms with Crippen LogP contribution in [0.4, 0.5) is 10.5 Å². The largest absolute Gasteiger partial charge is 0.444 e. The number of hydrogen-bond donors (Lipinski definition) is 3. The Hall–Kier alpha value is -1.11. The van der Waals surface area contributed by atoms with Crippen LogP contribution in [-0.4, -0.2) is 23.3 Å². The van der Waals surface area contributed by atoms with Crippen LogP contribution in [0.2, 0.25) is 0 Å². The van der Waals surface area contributed by atoms with Crippen molar-refractivity contribution in [1.82, 2.24) is 0 Å². The molecule has 5 nitrogen and oxygen atoms in total. The Labute approximate surface area is 121 Å². The number of benzene rings is 1. The third-order valence-corrected chi connectivity index (χ3v) is 2.93. The molecule has 1 amide bonds. The lowest BCUT2D eigenvalue weighted by molar-refractivity contribution is 0.0635. The van der Waals surface area contributed by atoms with Gasteiger partial charge in [0.2, 0.25) is 0 Å². The van der Waals surface area contributed by atoms with Gasteiger partial charge in [-0.05, 0) is 54.4 Å². The van der Waals surface area contributed by atoms with Gasteiger partial charge in [-0.15, -0.1) is 0 Å². The van der Waals surface area contributed by atoms with Gasteiger partial charge in [0.05, 0.1) is 11.8 Å². The van der Waals surface area contributed by atoms with Crippen molar-refractivity contribution in [1.29, 1.82) is 0 Å². The monoisotopic (exact) mass is 330 g/mol. The molecule has 1 atom stereocenters. The summed E-state index contributed by atoms with van der Waals surface area (Å²) in [5, 5.41) is 12.3. The number of ether oxygens (including phenoxy) is 1. The van der Waals surface area contributed by atoms with Crippen LogP contribution in [0.5, 0.6) is 0 Å². The average molecular weight is 331 g/mol. The van der Waals surface area contributed by atoms with E-state index in [1.807, 2.05) is 0 Å². The number of anilines is 1. The van der Waals surface area contributed by atoms with Crippen LogP contribution in [0.3, 0.4) is 0 Å². The van der Waals surface area contributed by atoms with Gasteiger partial charge in [-0.25, -0.2) is 4.79 Å². The first-order valence-corrected chi connectivity index (χ1v) is 6.70. The molecule has 1 aromatic carbocycles. The highest BCUT2D eigenvalue weighted by molar-refractivity contribution is 9.10. The summed E-state index contributed by atoms with van der Waals surface area (Å²) in [5.41, 5.74) is 6.00. The van der Waals surface area contributed by atoms with Gasteiger partial charge in [-0.3, -0.25) is 5.32 Å². The lowest BCUT2D eigenvalue weighted by Crippen LogP contribution is -2.27. The second-order valence-corrected chi connectivity index (χ2v) is 5.97. The minimum atomic E-state index is -0.757. The van der Waals surface area contributed by atoms with E-state index in [1.54, 1.807) is 39.0 Å². The molecule has 0 aliphatic heterocycles. The third kappa shape index (κ3) is 5.18. The Morgan fingerprint density at radius 1 is 1.53 bits per heavy atom. The summed E-state index contributed by atoms with van der Waals surface area (Å²) in [7, 11) is 0. The van der Waals surface area contributed by atoms with Crippen LogP contribution < -0.4 is 11.1 Å². The Morgan fingerprint density at radius 2 is 2.16 bits per heavy atom. The zero-order valence-corrected chi connectivity index (χ0v) is 12.8. The summed E-state index contributed by atoms with van der Waals surface area (Å²) in [6.07, 6.45) is -1.31. The smallest absolute Gasteiger partial charge is 0.412 e. The molecule has 0 aromatic heterocycles. The number of hydrogen-bond acceptors (Lipinski definition) is 4. The minimum absolute atomic E-state index is 0.119. The predicted molar refractivity (Wildman–Crippen MR) is 78.0 cm³/mol. The molecule has 0 spiro atoms. The van der Waals surface area contributed by atoms with E-state index in [-0.39, 0.29) is 6.54 Å². The van der Waals surface area contributed by atoms with Gasteiger partial charge in [0.15, 0.2) is 0 Å². The molecule has 0 bridgehead atoms. The van der Waals surface area contributed by atoms with Gasteiger partial charge < -0.3 is 15.6 Å². The quantitative estimate of drug-likeness (QED) is 0.795. The minimum Gasteiger partial charge on any atom is -0.444 e. The van der Waals surface area contributed by atoms with Crippen LogP contribution in [0, 0.1) is 0 Å². The maximum absolute atomic E-state index is 11.7.